The molecule has 4 rings (SSSR count). The summed E-state index contributed by atoms with van der Waals surface area (Å²) in [6.07, 6.45) is 8.54. The van der Waals surface area contributed by atoms with Crippen molar-refractivity contribution in [1.82, 2.24) is 25.4 Å². The van der Waals surface area contributed by atoms with Crippen molar-refractivity contribution >= 4 is 0 Å². The third kappa shape index (κ3) is 3.60. The number of morpholine rings is 1. The molecule has 0 spiro atoms. The summed E-state index contributed by atoms with van der Waals surface area (Å²) in [5.74, 6) is 0. The maximum Gasteiger partial charge on any atom is 0.0826 e. The monoisotopic (exact) mass is 313 g/mol. The quantitative estimate of drug-likeness (QED) is 0.844. The summed E-state index contributed by atoms with van der Waals surface area (Å²) < 4.78 is 5.88. The van der Waals surface area contributed by atoms with Crippen molar-refractivity contribution in [1.29, 1.82) is 0 Å². The highest BCUT2D eigenvalue weighted by Gasteiger charge is 2.32. The van der Waals surface area contributed by atoms with Crippen LogP contribution in [0, 0.1) is 0 Å². The van der Waals surface area contributed by atoms with E-state index >= 15 is 0 Å². The van der Waals surface area contributed by atoms with Gasteiger partial charge >= 0.3 is 0 Å². The van der Waals surface area contributed by atoms with Crippen LogP contribution in [0.3, 0.4) is 0 Å². The van der Waals surface area contributed by atoms with E-state index in [-0.39, 0.29) is 6.10 Å². The molecule has 2 aromatic heterocycles. The van der Waals surface area contributed by atoms with E-state index in [4.69, 9.17) is 4.74 Å². The molecule has 2 aliphatic rings. The lowest BCUT2D eigenvalue weighted by molar-refractivity contribution is -0.0301. The van der Waals surface area contributed by atoms with Crippen LogP contribution in [-0.4, -0.2) is 58.5 Å². The molecule has 2 N–H and O–H groups in total. The number of nitrogens with zero attached hydrogens (tertiary/aromatic N) is 3. The van der Waals surface area contributed by atoms with Crippen LogP contribution in [0.2, 0.25) is 0 Å². The van der Waals surface area contributed by atoms with Gasteiger partial charge in [0.15, 0.2) is 0 Å². The van der Waals surface area contributed by atoms with E-state index in [1.54, 1.807) is 6.20 Å². The van der Waals surface area contributed by atoms with Gasteiger partial charge in [-0.3, -0.25) is 15.0 Å². The molecule has 122 valence electrons. The molecule has 3 heterocycles. The van der Waals surface area contributed by atoms with Crippen molar-refractivity contribution in [3.63, 3.8) is 0 Å². The lowest BCUT2D eigenvalue weighted by Crippen LogP contribution is -2.47. The summed E-state index contributed by atoms with van der Waals surface area (Å²) in [5.41, 5.74) is 3.26. The molecule has 0 aromatic carbocycles. The number of aromatic amines is 1. The van der Waals surface area contributed by atoms with E-state index in [2.05, 4.69) is 25.4 Å². The van der Waals surface area contributed by atoms with Gasteiger partial charge in [0.05, 0.1) is 24.6 Å². The Hall–Kier alpha value is -1.76. The van der Waals surface area contributed by atoms with Gasteiger partial charge in [0, 0.05) is 55.7 Å². The van der Waals surface area contributed by atoms with Crippen molar-refractivity contribution in [2.75, 3.05) is 26.2 Å². The van der Waals surface area contributed by atoms with Gasteiger partial charge in [0.2, 0.25) is 0 Å². The molecule has 1 saturated carbocycles. The van der Waals surface area contributed by atoms with Gasteiger partial charge in [0.25, 0.3) is 0 Å². The summed E-state index contributed by atoms with van der Waals surface area (Å²) >= 11 is 0. The maximum absolute atomic E-state index is 5.88. The van der Waals surface area contributed by atoms with Crippen LogP contribution in [-0.2, 0) is 11.3 Å². The van der Waals surface area contributed by atoms with E-state index in [0.717, 1.165) is 55.6 Å². The molecule has 0 radical (unpaired) electrons. The minimum Gasteiger partial charge on any atom is -0.374 e. The largest absolute Gasteiger partial charge is 0.374 e. The van der Waals surface area contributed by atoms with Crippen LogP contribution in [0.1, 0.15) is 18.4 Å². The highest BCUT2D eigenvalue weighted by molar-refractivity contribution is 5.61. The minimum atomic E-state index is 0.290. The Morgan fingerprint density at radius 3 is 3.13 bits per heavy atom. The minimum absolute atomic E-state index is 0.290. The van der Waals surface area contributed by atoms with Gasteiger partial charge in [-0.15, -0.1) is 0 Å². The third-order valence-corrected chi connectivity index (χ3v) is 4.59. The van der Waals surface area contributed by atoms with Crippen LogP contribution < -0.4 is 5.32 Å². The van der Waals surface area contributed by atoms with E-state index in [9.17, 15) is 0 Å². The molecule has 2 fully saturated rings. The van der Waals surface area contributed by atoms with E-state index in [1.807, 2.05) is 24.5 Å². The smallest absolute Gasteiger partial charge is 0.0826 e. The highest BCUT2D eigenvalue weighted by Crippen LogP contribution is 2.28. The van der Waals surface area contributed by atoms with Gasteiger partial charge in [-0.05, 0) is 25.0 Å². The van der Waals surface area contributed by atoms with Crippen molar-refractivity contribution < 1.29 is 4.74 Å². The summed E-state index contributed by atoms with van der Waals surface area (Å²) in [6.45, 7) is 4.66. The Morgan fingerprint density at radius 1 is 1.35 bits per heavy atom. The van der Waals surface area contributed by atoms with Crippen molar-refractivity contribution in [3.05, 3.63) is 36.3 Å². The first-order chi connectivity index (χ1) is 11.4. The summed E-state index contributed by atoms with van der Waals surface area (Å²) in [6, 6.07) is 4.81. The molecule has 0 bridgehead atoms. The van der Waals surface area contributed by atoms with Gasteiger partial charge in [-0.2, -0.15) is 5.10 Å². The maximum atomic E-state index is 5.88. The molecule has 1 aliphatic heterocycles. The zero-order valence-electron chi connectivity index (χ0n) is 13.2. The molecule has 23 heavy (non-hydrogen) atoms. The van der Waals surface area contributed by atoms with Gasteiger partial charge in [0.1, 0.15) is 0 Å². The molecular weight excluding hydrogens is 290 g/mol. The number of aromatic nitrogens is 3. The Balaban J connectivity index is 1.31. The number of rotatable bonds is 6. The lowest BCUT2D eigenvalue weighted by Gasteiger charge is -2.33. The molecule has 2 aromatic rings. The van der Waals surface area contributed by atoms with E-state index in [1.165, 1.54) is 12.8 Å². The molecule has 1 atom stereocenters. The molecule has 0 amide bonds. The third-order valence-electron chi connectivity index (χ3n) is 4.59. The van der Waals surface area contributed by atoms with Crippen LogP contribution in [0.4, 0.5) is 0 Å². The lowest BCUT2D eigenvalue weighted by atomic mass is 10.1. The van der Waals surface area contributed by atoms with Crippen LogP contribution in [0.25, 0.3) is 11.3 Å². The summed E-state index contributed by atoms with van der Waals surface area (Å²) in [4.78, 5) is 6.75. The normalized spacial score (nSPS) is 22.3. The first-order valence-electron chi connectivity index (χ1n) is 8.39. The van der Waals surface area contributed by atoms with Gasteiger partial charge in [-0.25, -0.2) is 0 Å². The number of ether oxygens (including phenoxy) is 1. The highest BCUT2D eigenvalue weighted by atomic mass is 16.5. The zero-order valence-corrected chi connectivity index (χ0v) is 13.2. The second-order valence-corrected chi connectivity index (χ2v) is 6.36. The van der Waals surface area contributed by atoms with Crippen molar-refractivity contribution in [3.8, 4) is 11.3 Å². The van der Waals surface area contributed by atoms with Gasteiger partial charge in [-0.1, -0.05) is 0 Å². The average Bonchev–Trinajstić information content (AvgIpc) is 3.35. The summed E-state index contributed by atoms with van der Waals surface area (Å²) in [7, 11) is 0. The van der Waals surface area contributed by atoms with Gasteiger partial charge < -0.3 is 10.1 Å². The second-order valence-electron chi connectivity index (χ2n) is 6.36. The number of nitrogens with one attached hydrogen (secondary N) is 2. The van der Waals surface area contributed by atoms with Crippen LogP contribution in [0.15, 0.2) is 30.7 Å². The Kier molecular flexibility index (Phi) is 4.37. The fraction of sp³-hybridized carbons (Fsp3) is 0.529. The number of pyridine rings is 1. The zero-order chi connectivity index (χ0) is 15.5. The van der Waals surface area contributed by atoms with Crippen LogP contribution >= 0.6 is 0 Å². The number of hydrogen-bond acceptors (Lipinski definition) is 5. The van der Waals surface area contributed by atoms with Crippen LogP contribution in [0.5, 0.6) is 0 Å². The fourth-order valence-electron chi connectivity index (χ4n) is 3.21. The topological polar surface area (TPSA) is 66.1 Å². The van der Waals surface area contributed by atoms with E-state index < -0.39 is 0 Å². The predicted molar refractivity (Wildman–Crippen MR) is 87.9 cm³/mol. The molecular formula is C17H23N5O. The average molecular weight is 313 g/mol. The van der Waals surface area contributed by atoms with Crippen molar-refractivity contribution in [2.45, 2.75) is 31.5 Å². The molecule has 6 nitrogen and oxygen atoms in total. The Labute approximate surface area is 136 Å². The second kappa shape index (κ2) is 6.78. The molecule has 1 saturated heterocycles. The predicted octanol–water partition coefficient (Wildman–Crippen LogP) is 1.42. The molecule has 6 heteroatoms. The Bertz CT molecular complexity index is 625. The Morgan fingerprint density at radius 2 is 2.30 bits per heavy atom. The number of hydrogen-bond donors (Lipinski definition) is 2. The van der Waals surface area contributed by atoms with Crippen molar-refractivity contribution in [2.24, 2.45) is 0 Å². The SMILES string of the molecule is c1cncc(-c2[nH]ncc2CNCC2CN(C3CC3)CCO2)c1. The van der Waals surface area contributed by atoms with E-state index in [0.29, 0.717) is 0 Å². The summed E-state index contributed by atoms with van der Waals surface area (Å²) in [5, 5.41) is 10.8. The fourth-order valence-corrected chi connectivity index (χ4v) is 3.21. The number of H-pyrrole nitrogens is 1. The standard InChI is InChI=1S/C17H23N5O/c1-2-13(8-18-5-1)17-14(10-20-21-17)9-19-11-16-12-22(6-7-23-16)15-3-4-15/h1-2,5,8,10,15-16,19H,3-4,6-7,9,11-12H2,(H,20,21). The molecule has 1 unspecified atom stereocenters. The first-order valence-corrected chi connectivity index (χ1v) is 8.39. The first kappa shape index (κ1) is 14.8. The molecule has 1 aliphatic carbocycles.